The normalized spacial score (nSPS) is 10.4. The molecule has 0 radical (unpaired) electrons. The lowest BCUT2D eigenvalue weighted by molar-refractivity contribution is 0.0696. The molecule has 2 N–H and O–H groups in total. The summed E-state index contributed by atoms with van der Waals surface area (Å²) >= 11 is 5.72. The van der Waals surface area contributed by atoms with E-state index in [0.717, 1.165) is 11.6 Å². The second kappa shape index (κ2) is 8.75. The van der Waals surface area contributed by atoms with E-state index in [9.17, 15) is 19.1 Å². The van der Waals surface area contributed by atoms with Crippen LogP contribution in [0.3, 0.4) is 0 Å². The Kier molecular flexibility index (Phi) is 6.14. The molecule has 0 aromatic heterocycles. The largest absolute Gasteiger partial charge is 0.496 e. The second-order valence-corrected chi connectivity index (χ2v) is 6.66. The predicted molar refractivity (Wildman–Crippen MR) is 108 cm³/mol. The molecule has 7 heteroatoms. The van der Waals surface area contributed by atoms with E-state index in [1.54, 1.807) is 36.4 Å². The summed E-state index contributed by atoms with van der Waals surface area (Å²) in [7, 11) is 1.50. The zero-order chi connectivity index (χ0) is 21.0. The van der Waals surface area contributed by atoms with Crippen LogP contribution >= 0.6 is 11.6 Å². The molecule has 0 aliphatic heterocycles. The first kappa shape index (κ1) is 20.4. The summed E-state index contributed by atoms with van der Waals surface area (Å²) in [6.07, 6.45) is 0. The van der Waals surface area contributed by atoms with Crippen molar-refractivity contribution in [2.24, 2.45) is 0 Å². The first-order chi connectivity index (χ1) is 13.9. The number of carbonyl (C=O) groups is 2. The number of carboxylic acids is 1. The number of halogens is 2. The van der Waals surface area contributed by atoms with Gasteiger partial charge in [-0.05, 0) is 53.6 Å². The van der Waals surface area contributed by atoms with Crippen molar-refractivity contribution >= 4 is 23.5 Å². The molecule has 3 aromatic carbocycles. The van der Waals surface area contributed by atoms with Gasteiger partial charge >= 0.3 is 5.97 Å². The monoisotopic (exact) mass is 413 g/mol. The number of hydrogen-bond acceptors (Lipinski definition) is 3. The quantitative estimate of drug-likeness (QED) is 0.609. The molecule has 0 bridgehead atoms. The van der Waals surface area contributed by atoms with Gasteiger partial charge in [-0.2, -0.15) is 0 Å². The molecule has 3 rings (SSSR count). The Morgan fingerprint density at radius 1 is 1.07 bits per heavy atom. The van der Waals surface area contributed by atoms with Crippen molar-refractivity contribution < 1.29 is 23.8 Å². The van der Waals surface area contributed by atoms with Gasteiger partial charge in [-0.15, -0.1) is 0 Å². The number of methoxy groups -OCH3 is 1. The molecule has 5 nitrogen and oxygen atoms in total. The number of rotatable bonds is 6. The minimum absolute atomic E-state index is 0.0938. The van der Waals surface area contributed by atoms with Gasteiger partial charge in [-0.25, -0.2) is 9.18 Å². The fourth-order valence-electron chi connectivity index (χ4n) is 2.87. The highest BCUT2D eigenvalue weighted by atomic mass is 35.5. The standard InChI is InChI=1S/C22H17ClFNO4/c1-29-20-8-5-14(13-3-2-4-15(9-13)22(27)28)10-16(20)12-25-21(26)18-7-6-17(23)11-19(18)24/h2-11H,12H2,1H3,(H,25,26)(H,27,28). The number of amides is 1. The Balaban J connectivity index is 1.85. The highest BCUT2D eigenvalue weighted by molar-refractivity contribution is 6.30. The number of carboxylic acid groups (broad SMARTS) is 1. The van der Waals surface area contributed by atoms with Gasteiger partial charge in [0.15, 0.2) is 0 Å². The van der Waals surface area contributed by atoms with Gasteiger partial charge in [-0.1, -0.05) is 29.8 Å². The summed E-state index contributed by atoms with van der Waals surface area (Å²) in [6.45, 7) is 0.0938. The highest BCUT2D eigenvalue weighted by Gasteiger charge is 2.14. The summed E-state index contributed by atoms with van der Waals surface area (Å²) in [5.74, 6) is -1.77. The molecule has 29 heavy (non-hydrogen) atoms. The lowest BCUT2D eigenvalue weighted by Crippen LogP contribution is -2.24. The molecule has 0 spiro atoms. The van der Waals surface area contributed by atoms with Gasteiger partial charge in [0.2, 0.25) is 0 Å². The van der Waals surface area contributed by atoms with Gasteiger partial charge in [-0.3, -0.25) is 4.79 Å². The molecule has 0 saturated heterocycles. The number of nitrogens with one attached hydrogen (secondary N) is 1. The van der Waals surface area contributed by atoms with Crippen molar-refractivity contribution in [3.63, 3.8) is 0 Å². The van der Waals surface area contributed by atoms with Crippen molar-refractivity contribution in [2.45, 2.75) is 6.54 Å². The van der Waals surface area contributed by atoms with E-state index in [1.807, 2.05) is 0 Å². The van der Waals surface area contributed by atoms with Crippen molar-refractivity contribution in [3.05, 3.63) is 88.2 Å². The van der Waals surface area contributed by atoms with Crippen LogP contribution in [0.1, 0.15) is 26.3 Å². The van der Waals surface area contributed by atoms with Crippen LogP contribution in [-0.2, 0) is 6.54 Å². The summed E-state index contributed by atoms with van der Waals surface area (Å²) in [4.78, 5) is 23.5. The maximum absolute atomic E-state index is 13.9. The Labute approximate surface area is 171 Å². The average molecular weight is 414 g/mol. The molecule has 0 saturated carbocycles. The van der Waals surface area contributed by atoms with Crippen LogP contribution in [-0.4, -0.2) is 24.1 Å². The molecule has 0 aliphatic rings. The third-order valence-electron chi connectivity index (χ3n) is 4.34. The first-order valence-corrected chi connectivity index (χ1v) is 9.00. The van der Waals surface area contributed by atoms with Gasteiger partial charge in [0, 0.05) is 17.1 Å². The van der Waals surface area contributed by atoms with Gasteiger partial charge in [0.1, 0.15) is 11.6 Å². The van der Waals surface area contributed by atoms with Crippen LogP contribution in [0.25, 0.3) is 11.1 Å². The van der Waals surface area contributed by atoms with Crippen LogP contribution in [0, 0.1) is 5.82 Å². The number of carbonyl (C=O) groups excluding carboxylic acids is 1. The first-order valence-electron chi connectivity index (χ1n) is 8.63. The van der Waals surface area contributed by atoms with Crippen LogP contribution in [0.15, 0.2) is 60.7 Å². The van der Waals surface area contributed by atoms with Crippen molar-refractivity contribution in [1.29, 1.82) is 0 Å². The third-order valence-corrected chi connectivity index (χ3v) is 4.57. The van der Waals surface area contributed by atoms with Crippen LogP contribution in [0.5, 0.6) is 5.75 Å². The number of aromatic carboxylic acids is 1. The van der Waals surface area contributed by atoms with E-state index in [0.29, 0.717) is 16.9 Å². The van der Waals surface area contributed by atoms with Crippen LogP contribution in [0.4, 0.5) is 4.39 Å². The van der Waals surface area contributed by atoms with E-state index in [-0.39, 0.29) is 22.7 Å². The molecule has 148 valence electrons. The Morgan fingerprint density at radius 2 is 1.83 bits per heavy atom. The van der Waals surface area contributed by atoms with E-state index in [4.69, 9.17) is 16.3 Å². The molecular formula is C22H17ClFNO4. The SMILES string of the molecule is COc1ccc(-c2cccc(C(=O)O)c2)cc1CNC(=O)c1ccc(Cl)cc1F. The number of ether oxygens (including phenoxy) is 1. The molecule has 1 amide bonds. The fourth-order valence-corrected chi connectivity index (χ4v) is 3.03. The van der Waals surface area contributed by atoms with Crippen molar-refractivity contribution in [1.82, 2.24) is 5.32 Å². The summed E-state index contributed by atoms with van der Waals surface area (Å²) < 4.78 is 19.3. The van der Waals surface area contributed by atoms with Crippen LogP contribution in [0.2, 0.25) is 5.02 Å². The lowest BCUT2D eigenvalue weighted by atomic mass is 10.0. The van der Waals surface area contributed by atoms with Crippen molar-refractivity contribution in [3.8, 4) is 16.9 Å². The number of benzene rings is 3. The minimum atomic E-state index is -1.02. The Morgan fingerprint density at radius 3 is 2.52 bits per heavy atom. The smallest absolute Gasteiger partial charge is 0.335 e. The lowest BCUT2D eigenvalue weighted by Gasteiger charge is -2.13. The zero-order valence-corrected chi connectivity index (χ0v) is 16.2. The van der Waals surface area contributed by atoms with Crippen LogP contribution < -0.4 is 10.1 Å². The highest BCUT2D eigenvalue weighted by Crippen LogP contribution is 2.27. The summed E-state index contributed by atoms with van der Waals surface area (Å²) in [6, 6.07) is 15.7. The molecule has 0 heterocycles. The van der Waals surface area contributed by atoms with Gasteiger partial charge in [0.05, 0.1) is 18.2 Å². The van der Waals surface area contributed by atoms with Gasteiger partial charge in [0.25, 0.3) is 5.91 Å². The maximum Gasteiger partial charge on any atom is 0.335 e. The van der Waals surface area contributed by atoms with E-state index < -0.39 is 17.7 Å². The predicted octanol–water partition coefficient (Wildman–Crippen LogP) is 4.78. The molecule has 0 fully saturated rings. The van der Waals surface area contributed by atoms with E-state index >= 15 is 0 Å². The van der Waals surface area contributed by atoms with Gasteiger partial charge < -0.3 is 15.2 Å². The molecule has 0 unspecified atom stereocenters. The maximum atomic E-state index is 13.9. The zero-order valence-electron chi connectivity index (χ0n) is 15.4. The Bertz CT molecular complexity index is 1080. The van der Waals surface area contributed by atoms with E-state index in [1.165, 1.54) is 25.3 Å². The molecule has 0 atom stereocenters. The average Bonchev–Trinajstić information content (AvgIpc) is 2.71. The van der Waals surface area contributed by atoms with Crippen molar-refractivity contribution in [2.75, 3.05) is 7.11 Å². The Hall–Kier alpha value is -3.38. The summed E-state index contributed by atoms with van der Waals surface area (Å²) in [5, 5.41) is 12.0. The van der Waals surface area contributed by atoms with E-state index in [2.05, 4.69) is 5.32 Å². The summed E-state index contributed by atoms with van der Waals surface area (Å²) in [5.41, 5.74) is 2.19. The second-order valence-electron chi connectivity index (χ2n) is 6.22. The number of hydrogen-bond donors (Lipinski definition) is 2. The molecular weight excluding hydrogens is 397 g/mol. The molecule has 3 aromatic rings. The third kappa shape index (κ3) is 4.73. The fraction of sp³-hybridized carbons (Fsp3) is 0.0909. The molecule has 0 aliphatic carbocycles. The topological polar surface area (TPSA) is 75.6 Å². The minimum Gasteiger partial charge on any atom is -0.496 e.